The number of carbonyl (C=O) groups excluding carboxylic acids is 1. The lowest BCUT2D eigenvalue weighted by Gasteiger charge is -2.20. The third kappa shape index (κ3) is 4.31. The van der Waals surface area contributed by atoms with Gasteiger partial charge in [-0.3, -0.25) is 9.69 Å². The molecule has 132 valence electrons. The number of para-hydroxylation sites is 1. The van der Waals surface area contributed by atoms with Crippen LogP contribution in [0.4, 0.5) is 5.69 Å². The van der Waals surface area contributed by atoms with Gasteiger partial charge in [-0.2, -0.15) is 0 Å². The summed E-state index contributed by atoms with van der Waals surface area (Å²) < 4.78 is 5.17. The van der Waals surface area contributed by atoms with Gasteiger partial charge < -0.3 is 22.5 Å². The van der Waals surface area contributed by atoms with E-state index in [0.717, 1.165) is 23.4 Å². The number of nitrogens with one attached hydrogen (secondary N) is 1. The first-order valence-electron chi connectivity index (χ1n) is 8.04. The van der Waals surface area contributed by atoms with Gasteiger partial charge in [0.05, 0.1) is 13.7 Å². The van der Waals surface area contributed by atoms with Gasteiger partial charge in [-0.25, -0.2) is 4.99 Å². The molecule has 0 unspecified atom stereocenters. The number of aliphatic imine (C=N–C) groups is 1. The highest BCUT2D eigenvalue weighted by Crippen LogP contribution is 2.19. The Balaban J connectivity index is 0.00000225. The molecule has 2 aromatic rings. The van der Waals surface area contributed by atoms with E-state index in [4.69, 9.17) is 4.74 Å². The molecule has 1 heterocycles. The molecule has 0 spiro atoms. The lowest BCUT2D eigenvalue weighted by atomic mass is 10.1. The van der Waals surface area contributed by atoms with Crippen molar-refractivity contribution in [1.29, 1.82) is 0 Å². The minimum Gasteiger partial charge on any atom is -1.00 e. The number of carbonyl (C=O) groups is 1. The highest BCUT2D eigenvalue weighted by atomic mass is 35.5. The molecule has 0 saturated heterocycles. The molecule has 3 rings (SSSR count). The average molecular weight is 359 g/mol. The molecule has 1 N–H and O–H groups in total. The molecule has 1 aliphatic rings. The number of benzene rings is 2. The molecule has 1 aliphatic heterocycles. The quantitative estimate of drug-likeness (QED) is 0.823. The maximum absolute atomic E-state index is 12.2. The first kappa shape index (κ1) is 18.8. The molecular weight excluding hydrogens is 338 g/mol. The maximum Gasteiger partial charge on any atom is 0.251 e. The van der Waals surface area contributed by atoms with Crippen molar-refractivity contribution in [3.63, 3.8) is 0 Å². The van der Waals surface area contributed by atoms with Crippen molar-refractivity contribution >= 4 is 17.6 Å². The predicted molar refractivity (Wildman–Crippen MR) is 95.3 cm³/mol. The lowest BCUT2D eigenvalue weighted by Crippen LogP contribution is -3.00. The van der Waals surface area contributed by atoms with Crippen molar-refractivity contribution in [2.45, 2.75) is 19.9 Å². The standard InChI is InChI=1S/C19H21N3O2.ClH/c1-3-15-6-4-5-7-17(15)21-19-20-12-18(23)22(19)13-14-8-10-16(24-2)11-9-14;/h4-11H,3,12-13H2,1-2H3,(H,20,21);1H/p-1. The molecule has 6 heteroatoms. The van der Waals surface area contributed by atoms with Crippen LogP contribution in [-0.2, 0) is 17.8 Å². The Kier molecular flexibility index (Phi) is 6.42. The molecule has 0 fully saturated rings. The maximum atomic E-state index is 12.2. The van der Waals surface area contributed by atoms with E-state index in [2.05, 4.69) is 23.3 Å². The van der Waals surface area contributed by atoms with E-state index in [-0.39, 0.29) is 24.9 Å². The summed E-state index contributed by atoms with van der Waals surface area (Å²) in [5.41, 5.74) is 3.22. The summed E-state index contributed by atoms with van der Waals surface area (Å²) in [7, 11) is 1.64. The molecule has 0 radical (unpaired) electrons. The molecule has 0 aromatic heterocycles. The van der Waals surface area contributed by atoms with Gasteiger partial charge >= 0.3 is 0 Å². The van der Waals surface area contributed by atoms with Crippen LogP contribution >= 0.6 is 0 Å². The second-order valence-corrected chi connectivity index (χ2v) is 5.60. The van der Waals surface area contributed by atoms with Gasteiger partial charge in [-0.15, -0.1) is 0 Å². The van der Waals surface area contributed by atoms with Crippen molar-refractivity contribution in [2.24, 2.45) is 4.99 Å². The van der Waals surface area contributed by atoms with Crippen LogP contribution in [0.15, 0.2) is 53.5 Å². The molecule has 0 bridgehead atoms. The number of anilines is 1. The first-order chi connectivity index (χ1) is 11.7. The second-order valence-electron chi connectivity index (χ2n) is 5.60. The van der Waals surface area contributed by atoms with E-state index in [0.29, 0.717) is 12.5 Å². The summed E-state index contributed by atoms with van der Waals surface area (Å²) in [4.78, 5) is 18.2. The molecule has 0 atom stereocenters. The van der Waals surface area contributed by atoms with Crippen LogP contribution in [0, 0.1) is 0 Å². The number of nitrogens with zero attached hydrogens (tertiary/aromatic N) is 2. The third-order valence-corrected chi connectivity index (χ3v) is 4.07. The van der Waals surface area contributed by atoms with Crippen LogP contribution in [0.1, 0.15) is 18.1 Å². The summed E-state index contributed by atoms with van der Waals surface area (Å²) >= 11 is 0. The van der Waals surface area contributed by atoms with E-state index in [1.807, 2.05) is 42.5 Å². The minimum atomic E-state index is 0. The normalized spacial score (nSPS) is 13.3. The van der Waals surface area contributed by atoms with Crippen LogP contribution in [0.3, 0.4) is 0 Å². The fourth-order valence-corrected chi connectivity index (χ4v) is 2.69. The molecule has 25 heavy (non-hydrogen) atoms. The average Bonchev–Trinajstić information content (AvgIpc) is 2.96. The van der Waals surface area contributed by atoms with Gasteiger partial charge in [-0.05, 0) is 35.7 Å². The molecule has 0 aliphatic carbocycles. The molecule has 5 nitrogen and oxygen atoms in total. The van der Waals surface area contributed by atoms with Gasteiger partial charge in [0.15, 0.2) is 0 Å². The largest absolute Gasteiger partial charge is 1.00 e. The van der Waals surface area contributed by atoms with E-state index >= 15 is 0 Å². The third-order valence-electron chi connectivity index (χ3n) is 4.07. The number of guanidine groups is 1. The number of methoxy groups -OCH3 is 1. The SMILES string of the molecule is CCc1ccccc1NC1=NCC(=O)N1Cc1ccc(OC)cc1.[Cl-]. The van der Waals surface area contributed by atoms with Crippen molar-refractivity contribution in [3.8, 4) is 5.75 Å². The molecule has 2 aromatic carbocycles. The topological polar surface area (TPSA) is 53.9 Å². The van der Waals surface area contributed by atoms with Crippen LogP contribution in [0.2, 0.25) is 0 Å². The van der Waals surface area contributed by atoms with Gasteiger partial charge in [0, 0.05) is 5.69 Å². The zero-order valence-electron chi connectivity index (χ0n) is 14.3. The number of halogens is 1. The van der Waals surface area contributed by atoms with E-state index in [1.165, 1.54) is 5.56 Å². The lowest BCUT2D eigenvalue weighted by molar-refractivity contribution is -0.125. The zero-order valence-corrected chi connectivity index (χ0v) is 15.1. The number of hydrogen-bond donors (Lipinski definition) is 1. The van der Waals surface area contributed by atoms with E-state index in [1.54, 1.807) is 12.0 Å². The summed E-state index contributed by atoms with van der Waals surface area (Å²) in [6, 6.07) is 15.8. The Labute approximate surface area is 154 Å². The first-order valence-corrected chi connectivity index (χ1v) is 8.04. The predicted octanol–water partition coefficient (Wildman–Crippen LogP) is 0.0719. The number of hydrogen-bond acceptors (Lipinski definition) is 4. The molecular formula is C19H21ClN3O2-. The van der Waals surface area contributed by atoms with Crippen molar-refractivity contribution < 1.29 is 21.9 Å². The molecule has 1 amide bonds. The number of aryl methyl sites for hydroxylation is 1. The van der Waals surface area contributed by atoms with Gasteiger partial charge in [0.2, 0.25) is 5.96 Å². The summed E-state index contributed by atoms with van der Waals surface area (Å²) in [6.45, 7) is 2.78. The Hall–Kier alpha value is -2.53. The Morgan fingerprint density at radius 2 is 1.88 bits per heavy atom. The number of ether oxygens (including phenoxy) is 1. The van der Waals surface area contributed by atoms with Crippen LogP contribution < -0.4 is 22.5 Å². The van der Waals surface area contributed by atoms with Gasteiger partial charge in [-0.1, -0.05) is 37.3 Å². The zero-order chi connectivity index (χ0) is 16.9. The minimum absolute atomic E-state index is 0. The van der Waals surface area contributed by atoms with Crippen LogP contribution in [0.5, 0.6) is 5.75 Å². The Morgan fingerprint density at radius 3 is 2.56 bits per heavy atom. The van der Waals surface area contributed by atoms with Gasteiger partial charge in [0.25, 0.3) is 5.91 Å². The Bertz CT molecular complexity index is 760. The van der Waals surface area contributed by atoms with E-state index in [9.17, 15) is 4.79 Å². The summed E-state index contributed by atoms with van der Waals surface area (Å²) in [6.07, 6.45) is 0.920. The Morgan fingerprint density at radius 1 is 1.16 bits per heavy atom. The second kappa shape index (κ2) is 8.53. The summed E-state index contributed by atoms with van der Waals surface area (Å²) in [5, 5.41) is 3.31. The highest BCUT2D eigenvalue weighted by molar-refractivity contribution is 6.09. The van der Waals surface area contributed by atoms with Crippen molar-refractivity contribution in [2.75, 3.05) is 19.0 Å². The van der Waals surface area contributed by atoms with Crippen LogP contribution in [-0.4, -0.2) is 30.4 Å². The number of amides is 1. The molecule has 0 saturated carbocycles. The monoisotopic (exact) mass is 358 g/mol. The number of rotatable bonds is 5. The van der Waals surface area contributed by atoms with Crippen LogP contribution in [0.25, 0.3) is 0 Å². The highest BCUT2D eigenvalue weighted by Gasteiger charge is 2.26. The van der Waals surface area contributed by atoms with Gasteiger partial charge in [0.1, 0.15) is 12.3 Å². The fraction of sp³-hybridized carbons (Fsp3) is 0.263. The fourth-order valence-electron chi connectivity index (χ4n) is 2.69. The smallest absolute Gasteiger partial charge is 0.251 e. The van der Waals surface area contributed by atoms with Crippen molar-refractivity contribution in [1.82, 2.24) is 4.90 Å². The van der Waals surface area contributed by atoms with Crippen molar-refractivity contribution in [3.05, 3.63) is 59.7 Å². The van der Waals surface area contributed by atoms with E-state index < -0.39 is 0 Å². The summed E-state index contributed by atoms with van der Waals surface area (Å²) in [5.74, 6) is 1.41.